The zero-order valence-electron chi connectivity index (χ0n) is 22.0. The summed E-state index contributed by atoms with van der Waals surface area (Å²) in [6.45, 7) is 7.38. The number of piperazine rings is 1. The molecule has 0 saturated carbocycles. The maximum atomic E-state index is 13.7. The standard InChI is InChI=1S/C30H30FN7O/c1-20-8-9-21(2)27-25(20)18-26(30(39)32-27)28(29-33-34-35-38(29)19-22-6-4-3-5-7-22)37-16-14-36(15-17-37)24-12-10-23(31)11-13-24/h3-13,18,28H,14-17,19H2,1-2H3,(H,32,39)/t28-/m1/s1. The van der Waals surface area contributed by atoms with Gasteiger partial charge in [0.1, 0.15) is 11.9 Å². The van der Waals surface area contributed by atoms with Crippen molar-refractivity contribution in [2.45, 2.75) is 26.4 Å². The fourth-order valence-corrected chi connectivity index (χ4v) is 5.46. The van der Waals surface area contributed by atoms with Crippen LogP contribution in [0.3, 0.4) is 0 Å². The van der Waals surface area contributed by atoms with Crippen molar-refractivity contribution in [1.29, 1.82) is 0 Å². The molecule has 198 valence electrons. The van der Waals surface area contributed by atoms with Crippen LogP contribution in [0.25, 0.3) is 10.9 Å². The van der Waals surface area contributed by atoms with Gasteiger partial charge in [-0.1, -0.05) is 42.5 Å². The molecule has 6 rings (SSSR count). The highest BCUT2D eigenvalue weighted by molar-refractivity contribution is 5.85. The number of rotatable bonds is 6. The Kier molecular flexibility index (Phi) is 6.66. The third-order valence-electron chi connectivity index (χ3n) is 7.62. The van der Waals surface area contributed by atoms with Gasteiger partial charge in [-0.25, -0.2) is 9.07 Å². The highest BCUT2D eigenvalue weighted by atomic mass is 19.1. The second-order valence-electron chi connectivity index (χ2n) is 10.1. The van der Waals surface area contributed by atoms with Crippen molar-refractivity contribution >= 4 is 16.6 Å². The lowest BCUT2D eigenvalue weighted by atomic mass is 9.99. The topological polar surface area (TPSA) is 82.9 Å². The normalized spacial score (nSPS) is 15.1. The van der Waals surface area contributed by atoms with Crippen LogP contribution in [-0.4, -0.2) is 56.3 Å². The van der Waals surface area contributed by atoms with Crippen LogP contribution in [-0.2, 0) is 6.54 Å². The van der Waals surface area contributed by atoms with Gasteiger partial charge in [0.15, 0.2) is 5.82 Å². The van der Waals surface area contributed by atoms with E-state index in [-0.39, 0.29) is 11.4 Å². The minimum atomic E-state index is -0.438. The summed E-state index contributed by atoms with van der Waals surface area (Å²) < 4.78 is 15.3. The van der Waals surface area contributed by atoms with Gasteiger partial charge in [0, 0.05) is 42.8 Å². The number of aryl methyl sites for hydroxylation is 2. The lowest BCUT2D eigenvalue weighted by Crippen LogP contribution is -2.49. The van der Waals surface area contributed by atoms with E-state index >= 15 is 0 Å². The van der Waals surface area contributed by atoms with Gasteiger partial charge in [-0.2, -0.15) is 0 Å². The molecule has 0 bridgehead atoms. The number of tetrazole rings is 1. The number of anilines is 1. The van der Waals surface area contributed by atoms with E-state index in [0.717, 1.165) is 46.4 Å². The van der Waals surface area contributed by atoms with Gasteiger partial charge in [-0.3, -0.25) is 9.69 Å². The summed E-state index contributed by atoms with van der Waals surface area (Å²) >= 11 is 0. The van der Waals surface area contributed by atoms with E-state index < -0.39 is 6.04 Å². The monoisotopic (exact) mass is 523 g/mol. The number of fused-ring (bicyclic) bond motifs is 1. The number of aromatic nitrogens is 5. The van der Waals surface area contributed by atoms with E-state index in [1.165, 1.54) is 12.1 Å². The molecule has 5 aromatic rings. The molecule has 1 aliphatic rings. The number of halogens is 1. The van der Waals surface area contributed by atoms with E-state index in [0.29, 0.717) is 31.0 Å². The minimum absolute atomic E-state index is 0.142. The van der Waals surface area contributed by atoms with Crippen molar-refractivity contribution < 1.29 is 4.39 Å². The molecule has 1 aliphatic heterocycles. The second-order valence-corrected chi connectivity index (χ2v) is 10.1. The van der Waals surface area contributed by atoms with Gasteiger partial charge in [-0.15, -0.1) is 5.10 Å². The fraction of sp³-hybridized carbons (Fsp3) is 0.267. The van der Waals surface area contributed by atoms with Crippen molar-refractivity contribution in [2.24, 2.45) is 0 Å². The molecule has 0 amide bonds. The van der Waals surface area contributed by atoms with Crippen LogP contribution in [0.1, 0.15) is 34.1 Å². The van der Waals surface area contributed by atoms with E-state index in [2.05, 4.69) is 43.3 Å². The van der Waals surface area contributed by atoms with E-state index in [1.807, 2.05) is 61.5 Å². The van der Waals surface area contributed by atoms with Crippen molar-refractivity contribution in [1.82, 2.24) is 30.1 Å². The Bertz CT molecular complexity index is 1660. The van der Waals surface area contributed by atoms with E-state index in [9.17, 15) is 9.18 Å². The summed E-state index contributed by atoms with van der Waals surface area (Å²) in [5, 5.41) is 13.8. The first-order valence-corrected chi connectivity index (χ1v) is 13.2. The van der Waals surface area contributed by atoms with Crippen molar-refractivity contribution in [3.8, 4) is 0 Å². The number of hydrogen-bond donors (Lipinski definition) is 1. The van der Waals surface area contributed by atoms with Gasteiger partial charge in [0.2, 0.25) is 0 Å². The van der Waals surface area contributed by atoms with Crippen LogP contribution < -0.4 is 10.5 Å². The predicted molar refractivity (Wildman–Crippen MR) is 149 cm³/mol. The van der Waals surface area contributed by atoms with Crippen LogP contribution in [0, 0.1) is 19.7 Å². The zero-order valence-corrected chi connectivity index (χ0v) is 22.0. The molecule has 0 aliphatic carbocycles. The largest absolute Gasteiger partial charge is 0.369 e. The average Bonchev–Trinajstić information content (AvgIpc) is 3.40. The predicted octanol–water partition coefficient (Wildman–Crippen LogP) is 4.23. The number of pyridine rings is 1. The molecular formula is C30H30FN7O. The van der Waals surface area contributed by atoms with Crippen molar-refractivity contribution in [3.63, 3.8) is 0 Å². The molecule has 1 N–H and O–H groups in total. The first-order chi connectivity index (χ1) is 19.0. The molecular weight excluding hydrogens is 493 g/mol. The Balaban J connectivity index is 1.40. The number of nitrogens with one attached hydrogen (secondary N) is 1. The lowest BCUT2D eigenvalue weighted by Gasteiger charge is -2.39. The van der Waals surface area contributed by atoms with Gasteiger partial charge >= 0.3 is 0 Å². The first kappa shape index (κ1) is 24.9. The second kappa shape index (κ2) is 10.4. The van der Waals surface area contributed by atoms with Gasteiger partial charge in [0.05, 0.1) is 12.1 Å². The molecule has 0 unspecified atom stereocenters. The number of hydrogen-bond acceptors (Lipinski definition) is 6. The third kappa shape index (κ3) is 4.93. The number of aromatic amines is 1. The SMILES string of the molecule is Cc1ccc(C)c2[nH]c(=O)c([C@H](c3nnnn3Cc3ccccc3)N3CCN(c4ccc(F)cc4)CC3)cc12. The maximum Gasteiger partial charge on any atom is 0.253 e. The van der Waals surface area contributed by atoms with E-state index in [1.54, 1.807) is 4.68 Å². The molecule has 8 nitrogen and oxygen atoms in total. The number of nitrogens with zero attached hydrogens (tertiary/aromatic N) is 6. The average molecular weight is 524 g/mol. The Morgan fingerprint density at radius 2 is 1.64 bits per heavy atom. The molecule has 1 atom stereocenters. The van der Waals surface area contributed by atoms with Crippen LogP contribution >= 0.6 is 0 Å². The summed E-state index contributed by atoms with van der Waals surface area (Å²) in [5.41, 5.74) is 5.51. The molecule has 1 saturated heterocycles. The molecule has 1 fully saturated rings. The van der Waals surface area contributed by atoms with Gasteiger partial charge in [0.25, 0.3) is 5.56 Å². The minimum Gasteiger partial charge on any atom is -0.369 e. The van der Waals surface area contributed by atoms with Crippen LogP contribution in [0.2, 0.25) is 0 Å². The van der Waals surface area contributed by atoms with Crippen LogP contribution in [0.5, 0.6) is 0 Å². The molecule has 9 heteroatoms. The summed E-state index contributed by atoms with van der Waals surface area (Å²) in [7, 11) is 0. The molecule has 39 heavy (non-hydrogen) atoms. The third-order valence-corrected chi connectivity index (χ3v) is 7.62. The smallest absolute Gasteiger partial charge is 0.253 e. The Labute approximate surface area is 225 Å². The lowest BCUT2D eigenvalue weighted by molar-refractivity contribution is 0.200. The Morgan fingerprint density at radius 3 is 2.38 bits per heavy atom. The summed E-state index contributed by atoms with van der Waals surface area (Å²) in [6, 6.07) is 22.3. The Hall–Kier alpha value is -4.37. The quantitative estimate of drug-likeness (QED) is 0.359. The van der Waals surface area contributed by atoms with E-state index in [4.69, 9.17) is 0 Å². The molecule has 0 radical (unpaired) electrons. The van der Waals surface area contributed by atoms with Crippen molar-refractivity contribution in [2.75, 3.05) is 31.1 Å². The Morgan fingerprint density at radius 1 is 0.923 bits per heavy atom. The fourth-order valence-electron chi connectivity index (χ4n) is 5.46. The maximum absolute atomic E-state index is 13.7. The molecule has 3 heterocycles. The van der Waals surface area contributed by atoms with Gasteiger partial charge in [-0.05, 0) is 71.3 Å². The highest BCUT2D eigenvalue weighted by Gasteiger charge is 2.33. The summed E-state index contributed by atoms with van der Waals surface area (Å²) in [6.07, 6.45) is 0. The van der Waals surface area contributed by atoms with Crippen molar-refractivity contribution in [3.05, 3.63) is 117 Å². The molecule has 0 spiro atoms. The van der Waals surface area contributed by atoms with Gasteiger partial charge < -0.3 is 9.88 Å². The zero-order chi connectivity index (χ0) is 26.9. The van der Waals surface area contributed by atoms with Crippen LogP contribution in [0.4, 0.5) is 10.1 Å². The van der Waals surface area contributed by atoms with Crippen LogP contribution in [0.15, 0.2) is 77.6 Å². The molecule has 2 aromatic heterocycles. The first-order valence-electron chi connectivity index (χ1n) is 13.2. The number of benzene rings is 3. The number of H-pyrrole nitrogens is 1. The summed E-state index contributed by atoms with van der Waals surface area (Å²) in [4.78, 5) is 21.3. The summed E-state index contributed by atoms with van der Waals surface area (Å²) in [5.74, 6) is 0.382. The highest BCUT2D eigenvalue weighted by Crippen LogP contribution is 2.30. The molecule has 3 aromatic carbocycles.